The SMILES string of the molecule is N=C/C=C1/N=C(OC[C@H]2C[C@@H]2c2ccccn2)C=C(NC/C(C=N)=C/N)N1. The van der Waals surface area contributed by atoms with Gasteiger partial charge in [-0.25, -0.2) is 0 Å². The number of nitrogens with two attached hydrogens (primary N) is 1. The van der Waals surface area contributed by atoms with Crippen LogP contribution in [0.3, 0.4) is 0 Å². The van der Waals surface area contributed by atoms with E-state index in [0.717, 1.165) is 18.3 Å². The van der Waals surface area contributed by atoms with Gasteiger partial charge in [-0.2, -0.15) is 4.99 Å². The summed E-state index contributed by atoms with van der Waals surface area (Å²) in [6.45, 7) is 0.963. The molecule has 1 aliphatic heterocycles. The fraction of sp³-hybridized carbons (Fsp3) is 0.263. The maximum Gasteiger partial charge on any atom is 0.218 e. The van der Waals surface area contributed by atoms with E-state index in [1.807, 2.05) is 24.4 Å². The van der Waals surface area contributed by atoms with Gasteiger partial charge in [0.15, 0.2) is 0 Å². The van der Waals surface area contributed by atoms with Crippen LogP contribution in [0.4, 0.5) is 0 Å². The fourth-order valence-corrected chi connectivity index (χ4v) is 2.74. The number of pyridine rings is 1. The number of aliphatic imine (C=N–C) groups is 1. The van der Waals surface area contributed by atoms with Crippen LogP contribution in [0.25, 0.3) is 0 Å². The number of hydrogen-bond acceptors (Lipinski definition) is 8. The van der Waals surface area contributed by atoms with Gasteiger partial charge in [0, 0.05) is 60.5 Å². The highest BCUT2D eigenvalue weighted by Gasteiger charge is 2.40. The molecular weight excluding hydrogens is 342 g/mol. The lowest BCUT2D eigenvalue weighted by Gasteiger charge is -2.19. The third-order valence-corrected chi connectivity index (χ3v) is 4.32. The van der Waals surface area contributed by atoms with E-state index in [4.69, 9.17) is 21.3 Å². The van der Waals surface area contributed by atoms with Gasteiger partial charge in [-0.15, -0.1) is 0 Å². The molecule has 1 aromatic heterocycles. The van der Waals surface area contributed by atoms with Crippen molar-refractivity contribution in [3.63, 3.8) is 0 Å². The van der Waals surface area contributed by atoms with Crippen molar-refractivity contribution < 1.29 is 4.74 Å². The highest BCUT2D eigenvalue weighted by molar-refractivity contribution is 5.90. The second kappa shape index (κ2) is 8.79. The van der Waals surface area contributed by atoms with Gasteiger partial charge < -0.3 is 31.9 Å². The summed E-state index contributed by atoms with van der Waals surface area (Å²) in [5.41, 5.74) is 7.22. The third kappa shape index (κ3) is 5.04. The summed E-state index contributed by atoms with van der Waals surface area (Å²) in [5, 5.41) is 20.7. The first kappa shape index (κ1) is 18.4. The minimum Gasteiger partial charge on any atom is -0.477 e. The molecular formula is C19H23N7O. The monoisotopic (exact) mass is 365 g/mol. The van der Waals surface area contributed by atoms with Crippen LogP contribution >= 0.6 is 0 Å². The van der Waals surface area contributed by atoms with E-state index < -0.39 is 0 Å². The Morgan fingerprint density at radius 2 is 2.30 bits per heavy atom. The normalized spacial score (nSPS) is 23.0. The molecule has 8 nitrogen and oxygen atoms in total. The van der Waals surface area contributed by atoms with Gasteiger partial charge in [0.2, 0.25) is 5.90 Å². The first-order chi connectivity index (χ1) is 13.2. The topological polar surface area (TPSA) is 132 Å². The lowest BCUT2D eigenvalue weighted by molar-refractivity contribution is 0.284. The molecule has 0 spiro atoms. The average molecular weight is 365 g/mol. The molecule has 6 N–H and O–H groups in total. The molecule has 1 fully saturated rings. The summed E-state index contributed by atoms with van der Waals surface area (Å²) in [5.74, 6) is 2.53. The summed E-state index contributed by atoms with van der Waals surface area (Å²) < 4.78 is 5.89. The van der Waals surface area contributed by atoms with Crippen molar-refractivity contribution in [2.45, 2.75) is 12.3 Å². The van der Waals surface area contributed by atoms with E-state index in [9.17, 15) is 0 Å². The van der Waals surface area contributed by atoms with Gasteiger partial charge in [-0.3, -0.25) is 4.98 Å². The van der Waals surface area contributed by atoms with Crippen LogP contribution in [0, 0.1) is 16.7 Å². The van der Waals surface area contributed by atoms with E-state index in [0.29, 0.717) is 48.1 Å². The average Bonchev–Trinajstić information content (AvgIpc) is 3.48. The van der Waals surface area contributed by atoms with E-state index >= 15 is 0 Å². The van der Waals surface area contributed by atoms with Crippen LogP contribution < -0.4 is 16.4 Å². The van der Waals surface area contributed by atoms with Gasteiger partial charge in [-0.1, -0.05) is 6.07 Å². The van der Waals surface area contributed by atoms with Crippen molar-refractivity contribution in [2.75, 3.05) is 13.2 Å². The zero-order valence-electron chi connectivity index (χ0n) is 14.9. The lowest BCUT2D eigenvalue weighted by Crippen LogP contribution is -2.31. The maximum absolute atomic E-state index is 7.28. The Morgan fingerprint density at radius 1 is 1.41 bits per heavy atom. The number of nitrogens with one attached hydrogen (secondary N) is 4. The third-order valence-electron chi connectivity index (χ3n) is 4.32. The first-order valence-electron chi connectivity index (χ1n) is 8.70. The van der Waals surface area contributed by atoms with Crippen molar-refractivity contribution in [1.82, 2.24) is 15.6 Å². The molecule has 2 aliphatic rings. The zero-order valence-corrected chi connectivity index (χ0v) is 14.9. The van der Waals surface area contributed by atoms with Crippen molar-refractivity contribution in [1.29, 1.82) is 10.8 Å². The highest BCUT2D eigenvalue weighted by Crippen LogP contribution is 2.46. The summed E-state index contributed by atoms with van der Waals surface area (Å²) in [4.78, 5) is 8.77. The molecule has 0 amide bonds. The van der Waals surface area contributed by atoms with Crippen LogP contribution in [-0.2, 0) is 4.74 Å². The van der Waals surface area contributed by atoms with Crippen molar-refractivity contribution in [2.24, 2.45) is 16.6 Å². The second-order valence-electron chi connectivity index (χ2n) is 6.26. The van der Waals surface area contributed by atoms with Crippen LogP contribution in [0.5, 0.6) is 0 Å². The van der Waals surface area contributed by atoms with Crippen molar-refractivity contribution in [3.05, 3.63) is 65.7 Å². The standard InChI is InChI=1S/C19H23N7O/c20-5-4-17-25-18(24-11-13(9-21)10-22)8-19(26-17)27-12-14-7-15(14)16-3-1-2-6-23-16/h1-6,8-10,14-15,20-21,24-25H,7,11-12,22H2/b13-10+,17-4+,20-5?,21-9?/t14-,15+/m1/s1. The predicted molar refractivity (Wildman–Crippen MR) is 106 cm³/mol. The van der Waals surface area contributed by atoms with E-state index in [1.165, 1.54) is 12.4 Å². The quantitative estimate of drug-likeness (QED) is 0.447. The molecule has 0 unspecified atom stereocenters. The van der Waals surface area contributed by atoms with E-state index in [1.54, 1.807) is 12.2 Å². The van der Waals surface area contributed by atoms with Crippen molar-refractivity contribution in [3.8, 4) is 0 Å². The molecule has 3 rings (SSSR count). The Hall–Kier alpha value is -3.42. The molecule has 140 valence electrons. The van der Waals surface area contributed by atoms with Crippen molar-refractivity contribution >= 4 is 18.3 Å². The molecule has 2 heterocycles. The minimum absolute atomic E-state index is 0.397. The number of aromatic nitrogens is 1. The molecule has 0 saturated heterocycles. The second-order valence-corrected chi connectivity index (χ2v) is 6.26. The minimum atomic E-state index is 0.397. The molecule has 0 aromatic carbocycles. The van der Waals surface area contributed by atoms with Crippen LogP contribution in [0.2, 0.25) is 0 Å². The summed E-state index contributed by atoms with van der Waals surface area (Å²) in [6.07, 6.45) is 9.92. The zero-order chi connectivity index (χ0) is 19.1. The Morgan fingerprint density at radius 3 is 3.00 bits per heavy atom. The molecule has 2 atom stereocenters. The summed E-state index contributed by atoms with van der Waals surface area (Å²) in [7, 11) is 0. The molecule has 1 saturated carbocycles. The van der Waals surface area contributed by atoms with Gasteiger partial charge in [0.25, 0.3) is 0 Å². The molecule has 0 bridgehead atoms. The number of rotatable bonds is 8. The van der Waals surface area contributed by atoms with Crippen LogP contribution in [0.1, 0.15) is 18.0 Å². The Labute approximate surface area is 157 Å². The molecule has 27 heavy (non-hydrogen) atoms. The maximum atomic E-state index is 7.28. The van der Waals surface area contributed by atoms with E-state index in [-0.39, 0.29) is 0 Å². The van der Waals surface area contributed by atoms with Gasteiger partial charge >= 0.3 is 0 Å². The number of allylic oxidation sites excluding steroid dienone is 1. The predicted octanol–water partition coefficient (Wildman–Crippen LogP) is 1.62. The number of nitrogens with zero attached hydrogens (tertiary/aromatic N) is 2. The number of hydrogen-bond donors (Lipinski definition) is 5. The molecule has 1 aliphatic carbocycles. The Bertz CT molecular complexity index is 811. The van der Waals surface area contributed by atoms with Gasteiger partial charge in [-0.05, 0) is 24.6 Å². The summed E-state index contributed by atoms with van der Waals surface area (Å²) in [6, 6.07) is 5.97. The Kier molecular flexibility index (Phi) is 5.98. The fourth-order valence-electron chi connectivity index (χ4n) is 2.74. The van der Waals surface area contributed by atoms with Gasteiger partial charge in [0.1, 0.15) is 11.6 Å². The van der Waals surface area contributed by atoms with Crippen LogP contribution in [-0.4, -0.2) is 36.5 Å². The highest BCUT2D eigenvalue weighted by atomic mass is 16.5. The molecule has 0 radical (unpaired) electrons. The van der Waals surface area contributed by atoms with E-state index in [2.05, 4.69) is 20.6 Å². The molecule has 1 aromatic rings. The van der Waals surface area contributed by atoms with Gasteiger partial charge in [0.05, 0.1) is 6.61 Å². The lowest BCUT2D eigenvalue weighted by atomic mass is 10.2. The smallest absolute Gasteiger partial charge is 0.218 e. The van der Waals surface area contributed by atoms with Crippen LogP contribution in [0.15, 0.2) is 65.0 Å². The number of ether oxygens (including phenoxy) is 1. The first-order valence-corrected chi connectivity index (χ1v) is 8.70. The largest absolute Gasteiger partial charge is 0.477 e. The Balaban J connectivity index is 1.59. The summed E-state index contributed by atoms with van der Waals surface area (Å²) >= 11 is 0. The molecule has 8 heteroatoms.